The lowest BCUT2D eigenvalue weighted by Crippen LogP contribution is -2.11. The normalized spacial score (nSPS) is 11.5. The molecule has 3 N–H and O–H groups in total. The molecule has 0 saturated heterocycles. The summed E-state index contributed by atoms with van der Waals surface area (Å²) >= 11 is 0. The number of primary sulfonamides is 1. The number of benzene rings is 2. The van der Waals surface area contributed by atoms with Crippen molar-refractivity contribution in [2.75, 3.05) is 6.61 Å². The van der Waals surface area contributed by atoms with E-state index in [1.807, 2.05) is 24.3 Å². The van der Waals surface area contributed by atoms with Gasteiger partial charge in [-0.2, -0.15) is 5.10 Å². The number of sulfonamides is 1. The number of rotatable bonds is 7. The van der Waals surface area contributed by atoms with Crippen LogP contribution in [0.2, 0.25) is 0 Å². The molecule has 0 radical (unpaired) electrons. The number of nitrogens with one attached hydrogen (secondary N) is 1. The van der Waals surface area contributed by atoms with E-state index in [4.69, 9.17) is 9.88 Å². The van der Waals surface area contributed by atoms with Crippen molar-refractivity contribution < 1.29 is 13.2 Å². The van der Waals surface area contributed by atoms with Gasteiger partial charge in [0.15, 0.2) is 0 Å². The standard InChI is InChI=1S/C19H21N3O3S/c1-2-3-12-25-16-8-4-14(5-9-16)18-13-21-22-19(18)15-6-10-17(11-7-15)26(20,23)24/h4-11,13H,2-3,12H2,1H3,(H,21,22)(H2,20,23,24). The first kappa shape index (κ1) is 18.2. The Kier molecular flexibility index (Phi) is 5.39. The lowest BCUT2D eigenvalue weighted by atomic mass is 10.0. The summed E-state index contributed by atoms with van der Waals surface area (Å²) < 4.78 is 28.5. The highest BCUT2D eigenvalue weighted by atomic mass is 32.2. The molecule has 0 bridgehead atoms. The Balaban J connectivity index is 1.84. The van der Waals surface area contributed by atoms with Gasteiger partial charge >= 0.3 is 0 Å². The number of nitrogens with two attached hydrogens (primary N) is 1. The molecule has 3 rings (SSSR count). The minimum Gasteiger partial charge on any atom is -0.494 e. The number of H-pyrrole nitrogens is 1. The number of nitrogens with zero attached hydrogens (tertiary/aromatic N) is 1. The Bertz CT molecular complexity index is 962. The molecule has 0 amide bonds. The molecule has 2 aromatic carbocycles. The summed E-state index contributed by atoms with van der Waals surface area (Å²) in [5, 5.41) is 12.2. The maximum atomic E-state index is 11.4. The van der Waals surface area contributed by atoms with Gasteiger partial charge in [0.05, 0.1) is 23.4 Å². The molecule has 0 atom stereocenters. The SMILES string of the molecule is CCCCOc1ccc(-c2cn[nH]c2-c2ccc(S(N)(=O)=O)cc2)cc1. The zero-order valence-electron chi connectivity index (χ0n) is 14.5. The van der Waals surface area contributed by atoms with Gasteiger partial charge in [0.1, 0.15) is 5.75 Å². The van der Waals surface area contributed by atoms with Crippen molar-refractivity contribution >= 4 is 10.0 Å². The summed E-state index contributed by atoms with van der Waals surface area (Å²) in [7, 11) is -3.70. The van der Waals surface area contributed by atoms with E-state index in [1.54, 1.807) is 18.3 Å². The second kappa shape index (κ2) is 7.72. The third kappa shape index (κ3) is 4.12. The molecule has 136 valence electrons. The molecule has 0 spiro atoms. The average molecular weight is 371 g/mol. The third-order valence-electron chi connectivity index (χ3n) is 4.04. The van der Waals surface area contributed by atoms with Crippen LogP contribution in [-0.4, -0.2) is 25.2 Å². The first-order valence-corrected chi connectivity index (χ1v) is 9.93. The van der Waals surface area contributed by atoms with Crippen molar-refractivity contribution in [3.05, 3.63) is 54.7 Å². The molecule has 0 aliphatic rings. The van der Waals surface area contributed by atoms with Crippen LogP contribution in [0.3, 0.4) is 0 Å². The average Bonchev–Trinajstić information content (AvgIpc) is 3.12. The van der Waals surface area contributed by atoms with Crippen LogP contribution in [0.25, 0.3) is 22.4 Å². The highest BCUT2D eigenvalue weighted by Crippen LogP contribution is 2.31. The van der Waals surface area contributed by atoms with Gasteiger partial charge in [-0.15, -0.1) is 0 Å². The molecule has 0 aliphatic carbocycles. The van der Waals surface area contributed by atoms with Gasteiger partial charge in [0.25, 0.3) is 0 Å². The number of hydrogen-bond donors (Lipinski definition) is 2. The lowest BCUT2D eigenvalue weighted by Gasteiger charge is -2.08. The van der Waals surface area contributed by atoms with Crippen LogP contribution >= 0.6 is 0 Å². The molecule has 1 aromatic heterocycles. The fraction of sp³-hybridized carbons (Fsp3) is 0.211. The number of hydrogen-bond acceptors (Lipinski definition) is 4. The summed E-state index contributed by atoms with van der Waals surface area (Å²) in [6.45, 7) is 2.84. The largest absolute Gasteiger partial charge is 0.494 e. The van der Waals surface area contributed by atoms with Crippen LogP contribution in [-0.2, 0) is 10.0 Å². The molecule has 6 nitrogen and oxygen atoms in total. The summed E-state index contributed by atoms with van der Waals surface area (Å²) in [5.74, 6) is 0.838. The van der Waals surface area contributed by atoms with E-state index < -0.39 is 10.0 Å². The highest BCUT2D eigenvalue weighted by Gasteiger charge is 2.12. The molecule has 26 heavy (non-hydrogen) atoms. The van der Waals surface area contributed by atoms with Gasteiger partial charge in [-0.05, 0) is 36.2 Å². The molecular formula is C19H21N3O3S. The Morgan fingerprint density at radius 3 is 2.31 bits per heavy atom. The van der Waals surface area contributed by atoms with Gasteiger partial charge in [-0.3, -0.25) is 5.10 Å². The first-order chi connectivity index (χ1) is 12.5. The van der Waals surface area contributed by atoms with Crippen molar-refractivity contribution in [3.63, 3.8) is 0 Å². The van der Waals surface area contributed by atoms with E-state index in [-0.39, 0.29) is 4.90 Å². The van der Waals surface area contributed by atoms with Crippen LogP contribution in [0, 0.1) is 0 Å². The number of unbranched alkanes of at least 4 members (excludes halogenated alkanes) is 1. The van der Waals surface area contributed by atoms with Gasteiger partial charge in [0, 0.05) is 11.1 Å². The zero-order valence-corrected chi connectivity index (χ0v) is 15.3. The van der Waals surface area contributed by atoms with Crippen LogP contribution < -0.4 is 9.88 Å². The topological polar surface area (TPSA) is 98.1 Å². The maximum Gasteiger partial charge on any atom is 0.238 e. The second-order valence-corrected chi connectivity index (χ2v) is 7.52. The Hall–Kier alpha value is -2.64. The quantitative estimate of drug-likeness (QED) is 0.620. The van der Waals surface area contributed by atoms with Gasteiger partial charge in [0.2, 0.25) is 10.0 Å². The second-order valence-electron chi connectivity index (χ2n) is 5.95. The van der Waals surface area contributed by atoms with Crippen LogP contribution in [0.5, 0.6) is 5.75 Å². The zero-order chi connectivity index (χ0) is 18.6. The van der Waals surface area contributed by atoms with Crippen molar-refractivity contribution in [1.29, 1.82) is 0 Å². The van der Waals surface area contributed by atoms with Crippen LogP contribution in [0.1, 0.15) is 19.8 Å². The molecule has 0 saturated carbocycles. The van der Waals surface area contributed by atoms with Crippen molar-refractivity contribution in [1.82, 2.24) is 10.2 Å². The Labute approximate surface area is 153 Å². The number of aromatic amines is 1. The van der Waals surface area contributed by atoms with Gasteiger partial charge in [-0.1, -0.05) is 37.6 Å². The summed E-state index contributed by atoms with van der Waals surface area (Å²) in [6.07, 6.45) is 3.87. The molecule has 0 aliphatic heterocycles. The summed E-state index contributed by atoms with van der Waals surface area (Å²) in [4.78, 5) is 0.0795. The van der Waals surface area contributed by atoms with Crippen molar-refractivity contribution in [2.24, 2.45) is 5.14 Å². The van der Waals surface area contributed by atoms with E-state index in [2.05, 4.69) is 17.1 Å². The van der Waals surface area contributed by atoms with Crippen molar-refractivity contribution in [3.8, 4) is 28.1 Å². The van der Waals surface area contributed by atoms with E-state index in [1.165, 1.54) is 12.1 Å². The fourth-order valence-electron chi connectivity index (χ4n) is 2.60. The number of ether oxygens (including phenoxy) is 1. The van der Waals surface area contributed by atoms with E-state index in [0.29, 0.717) is 6.61 Å². The monoisotopic (exact) mass is 371 g/mol. The van der Waals surface area contributed by atoms with Crippen LogP contribution in [0.15, 0.2) is 59.6 Å². The van der Waals surface area contributed by atoms with Gasteiger partial charge < -0.3 is 4.74 Å². The first-order valence-electron chi connectivity index (χ1n) is 8.39. The third-order valence-corrected chi connectivity index (χ3v) is 4.97. The molecule has 0 unspecified atom stereocenters. The van der Waals surface area contributed by atoms with E-state index in [9.17, 15) is 8.42 Å². The summed E-state index contributed by atoms with van der Waals surface area (Å²) in [5.41, 5.74) is 3.55. The smallest absolute Gasteiger partial charge is 0.238 e. The summed E-state index contributed by atoms with van der Waals surface area (Å²) in [6, 6.07) is 14.2. The number of aromatic nitrogens is 2. The Morgan fingerprint density at radius 1 is 1.04 bits per heavy atom. The molecule has 3 aromatic rings. The van der Waals surface area contributed by atoms with E-state index >= 15 is 0 Å². The maximum absolute atomic E-state index is 11.4. The molecule has 1 heterocycles. The fourth-order valence-corrected chi connectivity index (χ4v) is 3.12. The predicted molar refractivity (Wildman–Crippen MR) is 101 cm³/mol. The minimum atomic E-state index is -3.70. The molecular weight excluding hydrogens is 350 g/mol. The van der Waals surface area contributed by atoms with Crippen LogP contribution in [0.4, 0.5) is 0 Å². The highest BCUT2D eigenvalue weighted by molar-refractivity contribution is 7.89. The Morgan fingerprint density at radius 2 is 1.69 bits per heavy atom. The molecule has 0 fully saturated rings. The molecule has 7 heteroatoms. The van der Waals surface area contributed by atoms with E-state index in [0.717, 1.165) is 41.0 Å². The lowest BCUT2D eigenvalue weighted by molar-refractivity contribution is 0.309. The van der Waals surface area contributed by atoms with Gasteiger partial charge in [-0.25, -0.2) is 13.6 Å². The van der Waals surface area contributed by atoms with Crippen molar-refractivity contribution in [2.45, 2.75) is 24.7 Å². The minimum absolute atomic E-state index is 0.0795. The predicted octanol–water partition coefficient (Wildman–Crippen LogP) is 3.57.